The van der Waals surface area contributed by atoms with Crippen LogP contribution in [0.1, 0.15) is 29.3 Å². The number of hydrogen-bond donors (Lipinski definition) is 1. The molecule has 2 aromatic carbocycles. The Balaban J connectivity index is 1.79. The van der Waals surface area contributed by atoms with E-state index in [0.717, 1.165) is 30.8 Å². The number of benzene rings is 2. The average molecular weight is 428 g/mol. The molecule has 1 aliphatic heterocycles. The number of hydrogen-bond acceptors (Lipinski definition) is 5. The molecule has 0 bridgehead atoms. The number of phenolic OH excluding ortho intramolecular Hbond substituents is 1. The van der Waals surface area contributed by atoms with Gasteiger partial charge in [-0.2, -0.15) is 0 Å². The number of aryl methyl sites for hydroxylation is 1. The van der Waals surface area contributed by atoms with Crippen LogP contribution in [0.3, 0.4) is 0 Å². The molecule has 0 saturated carbocycles. The summed E-state index contributed by atoms with van der Waals surface area (Å²) in [5.41, 5.74) is 2.73. The maximum atomic E-state index is 11.4. The summed E-state index contributed by atoms with van der Waals surface area (Å²) >= 11 is 6.55. The Morgan fingerprint density at radius 2 is 2.07 bits per heavy atom. The summed E-state index contributed by atoms with van der Waals surface area (Å²) in [5, 5.41) is 21.8. The quantitative estimate of drug-likeness (QED) is 0.469. The molecule has 7 nitrogen and oxygen atoms in total. The van der Waals surface area contributed by atoms with Gasteiger partial charge in [-0.05, 0) is 42.3 Å². The maximum Gasteiger partial charge on any atom is 0.269 e. The van der Waals surface area contributed by atoms with Gasteiger partial charge in [0.2, 0.25) is 0 Å². The van der Waals surface area contributed by atoms with Gasteiger partial charge in [0.15, 0.2) is 11.5 Å². The fraction of sp³-hybridized carbons (Fsp3) is 0.273. The first-order valence-electron chi connectivity index (χ1n) is 9.66. The molecule has 1 aliphatic rings. The molecule has 1 unspecified atom stereocenters. The van der Waals surface area contributed by atoms with Crippen molar-refractivity contribution in [3.63, 3.8) is 0 Å². The van der Waals surface area contributed by atoms with Crippen molar-refractivity contribution in [2.75, 3.05) is 13.7 Å². The van der Waals surface area contributed by atoms with Crippen LogP contribution in [0.5, 0.6) is 11.5 Å². The Hall–Kier alpha value is -3.03. The van der Waals surface area contributed by atoms with Crippen LogP contribution in [0.25, 0.3) is 0 Å². The van der Waals surface area contributed by atoms with Crippen LogP contribution in [-0.4, -0.2) is 33.2 Å². The summed E-state index contributed by atoms with van der Waals surface area (Å²) in [6.45, 7) is 2.22. The number of nitro benzene ring substituents is 1. The number of fused-ring (bicyclic) bond motifs is 1. The minimum atomic E-state index is -0.398. The SMILES string of the molecule is COc1cc(CN2CCCn3cccc3C2c2cc([N+](=O)[O-])ccc2Cl)ccc1O. The fourth-order valence-electron chi connectivity index (χ4n) is 4.07. The smallest absolute Gasteiger partial charge is 0.269 e. The van der Waals surface area contributed by atoms with Crippen LogP contribution >= 0.6 is 11.6 Å². The Kier molecular flexibility index (Phi) is 5.65. The molecule has 156 valence electrons. The molecule has 1 N–H and O–H groups in total. The van der Waals surface area contributed by atoms with E-state index in [4.69, 9.17) is 16.3 Å². The van der Waals surface area contributed by atoms with Gasteiger partial charge >= 0.3 is 0 Å². The Bertz CT molecular complexity index is 1080. The third-order valence-electron chi connectivity index (χ3n) is 5.47. The van der Waals surface area contributed by atoms with Crippen LogP contribution in [0.2, 0.25) is 5.02 Å². The number of nitrogens with zero attached hydrogens (tertiary/aromatic N) is 3. The molecule has 0 amide bonds. The highest BCUT2D eigenvalue weighted by molar-refractivity contribution is 6.31. The lowest BCUT2D eigenvalue weighted by atomic mass is 10.00. The Morgan fingerprint density at radius 1 is 1.23 bits per heavy atom. The van der Waals surface area contributed by atoms with Crippen molar-refractivity contribution in [1.29, 1.82) is 0 Å². The summed E-state index contributed by atoms with van der Waals surface area (Å²) in [7, 11) is 1.52. The van der Waals surface area contributed by atoms with Crippen LogP contribution in [0, 0.1) is 10.1 Å². The minimum Gasteiger partial charge on any atom is -0.504 e. The van der Waals surface area contributed by atoms with Gasteiger partial charge in [-0.25, -0.2) is 0 Å². The zero-order valence-corrected chi connectivity index (χ0v) is 17.2. The van der Waals surface area contributed by atoms with Crippen LogP contribution < -0.4 is 4.74 Å². The van der Waals surface area contributed by atoms with Crippen molar-refractivity contribution in [2.24, 2.45) is 0 Å². The first-order chi connectivity index (χ1) is 14.5. The van der Waals surface area contributed by atoms with Gasteiger partial charge in [0.05, 0.1) is 18.1 Å². The second-order valence-electron chi connectivity index (χ2n) is 7.32. The minimum absolute atomic E-state index is 0.0167. The van der Waals surface area contributed by atoms with E-state index in [0.29, 0.717) is 22.9 Å². The monoisotopic (exact) mass is 427 g/mol. The number of aromatic hydroxyl groups is 1. The Morgan fingerprint density at radius 3 is 2.83 bits per heavy atom. The van der Waals surface area contributed by atoms with Crippen molar-refractivity contribution in [3.8, 4) is 11.5 Å². The molecule has 0 radical (unpaired) electrons. The van der Waals surface area contributed by atoms with E-state index in [1.165, 1.54) is 13.2 Å². The van der Waals surface area contributed by atoms with Crippen LogP contribution in [-0.2, 0) is 13.1 Å². The lowest BCUT2D eigenvalue weighted by Crippen LogP contribution is -2.29. The molecule has 4 rings (SSSR count). The van der Waals surface area contributed by atoms with Gasteiger partial charge in [-0.15, -0.1) is 0 Å². The molecule has 8 heteroatoms. The second kappa shape index (κ2) is 8.38. The summed E-state index contributed by atoms with van der Waals surface area (Å²) in [5.74, 6) is 0.500. The molecule has 0 spiro atoms. The number of phenols is 1. The van der Waals surface area contributed by atoms with E-state index < -0.39 is 4.92 Å². The molecule has 1 atom stereocenters. The largest absolute Gasteiger partial charge is 0.504 e. The van der Waals surface area contributed by atoms with Crippen LogP contribution in [0.4, 0.5) is 5.69 Å². The van der Waals surface area contributed by atoms with E-state index in [9.17, 15) is 15.2 Å². The predicted octanol–water partition coefficient (Wildman–Crippen LogP) is 4.76. The molecule has 1 aromatic heterocycles. The highest BCUT2D eigenvalue weighted by Gasteiger charge is 2.30. The molecular formula is C22H22ClN3O4. The summed E-state index contributed by atoms with van der Waals surface area (Å²) < 4.78 is 7.43. The fourth-order valence-corrected chi connectivity index (χ4v) is 4.30. The molecule has 0 saturated heterocycles. The van der Waals surface area contributed by atoms with Gasteiger partial charge in [-0.1, -0.05) is 17.7 Å². The third-order valence-corrected chi connectivity index (χ3v) is 5.81. The van der Waals surface area contributed by atoms with Crippen molar-refractivity contribution >= 4 is 17.3 Å². The van der Waals surface area contributed by atoms with E-state index in [1.807, 2.05) is 30.5 Å². The third kappa shape index (κ3) is 3.86. The molecule has 3 aromatic rings. The van der Waals surface area contributed by atoms with Crippen molar-refractivity contribution < 1.29 is 14.8 Å². The highest BCUT2D eigenvalue weighted by Crippen LogP contribution is 2.38. The van der Waals surface area contributed by atoms with E-state index in [-0.39, 0.29) is 17.5 Å². The maximum absolute atomic E-state index is 11.4. The number of halogens is 1. The second-order valence-corrected chi connectivity index (χ2v) is 7.73. The topological polar surface area (TPSA) is 80.8 Å². The lowest BCUT2D eigenvalue weighted by Gasteiger charge is -2.31. The van der Waals surface area contributed by atoms with Gasteiger partial charge < -0.3 is 14.4 Å². The first-order valence-corrected chi connectivity index (χ1v) is 10.0. The van der Waals surface area contributed by atoms with E-state index >= 15 is 0 Å². The highest BCUT2D eigenvalue weighted by atomic mass is 35.5. The van der Waals surface area contributed by atoms with E-state index in [1.54, 1.807) is 18.2 Å². The van der Waals surface area contributed by atoms with Crippen molar-refractivity contribution in [2.45, 2.75) is 25.6 Å². The number of nitro groups is 1. The molecule has 0 fully saturated rings. The van der Waals surface area contributed by atoms with E-state index in [2.05, 4.69) is 9.47 Å². The number of methoxy groups -OCH3 is 1. The van der Waals surface area contributed by atoms with Crippen molar-refractivity contribution in [1.82, 2.24) is 9.47 Å². The Labute approximate surface area is 179 Å². The summed E-state index contributed by atoms with van der Waals surface area (Å²) in [6, 6.07) is 13.7. The summed E-state index contributed by atoms with van der Waals surface area (Å²) in [6.07, 6.45) is 2.96. The number of ether oxygens (including phenoxy) is 1. The zero-order valence-electron chi connectivity index (χ0n) is 16.5. The summed E-state index contributed by atoms with van der Waals surface area (Å²) in [4.78, 5) is 13.3. The predicted molar refractivity (Wildman–Crippen MR) is 114 cm³/mol. The average Bonchev–Trinajstić information content (AvgIpc) is 3.12. The van der Waals surface area contributed by atoms with Gasteiger partial charge in [0.25, 0.3) is 5.69 Å². The molecule has 30 heavy (non-hydrogen) atoms. The molecular weight excluding hydrogens is 406 g/mol. The standard InChI is InChI=1S/C22H22ClN3O4/c1-30-21-12-15(5-8-20(21)27)14-25-11-3-10-24-9-2-4-19(24)22(25)17-13-16(26(28)29)6-7-18(17)23/h2,4-9,12-13,22,27H,3,10-11,14H2,1H3. The van der Waals surface area contributed by atoms with Gasteiger partial charge in [-0.3, -0.25) is 15.0 Å². The van der Waals surface area contributed by atoms with Crippen LogP contribution in [0.15, 0.2) is 54.7 Å². The number of non-ortho nitro benzene ring substituents is 1. The molecule has 0 aliphatic carbocycles. The number of aromatic nitrogens is 1. The molecule has 2 heterocycles. The lowest BCUT2D eigenvalue weighted by molar-refractivity contribution is -0.384. The number of rotatable bonds is 5. The van der Waals surface area contributed by atoms with Crippen molar-refractivity contribution in [3.05, 3.63) is 86.7 Å². The first kappa shape index (κ1) is 20.3. The zero-order chi connectivity index (χ0) is 21.3. The van der Waals surface area contributed by atoms with Gasteiger partial charge in [0.1, 0.15) is 0 Å². The normalized spacial score (nSPS) is 16.7. The van der Waals surface area contributed by atoms with Gasteiger partial charge in [0, 0.05) is 54.2 Å².